The van der Waals surface area contributed by atoms with Crippen LogP contribution >= 0.6 is 0 Å². The van der Waals surface area contributed by atoms with Crippen molar-refractivity contribution in [3.05, 3.63) is 75.7 Å². The van der Waals surface area contributed by atoms with Gasteiger partial charge in [-0.2, -0.15) is 0 Å². The summed E-state index contributed by atoms with van der Waals surface area (Å²) in [5.74, 6) is 0.445. The zero-order valence-electron chi connectivity index (χ0n) is 15.4. The number of benzene rings is 2. The van der Waals surface area contributed by atoms with Crippen molar-refractivity contribution in [1.82, 2.24) is 0 Å². The number of hydrogen-bond acceptors (Lipinski definition) is 5. The van der Waals surface area contributed by atoms with Gasteiger partial charge in [-0.3, -0.25) is 0 Å². The summed E-state index contributed by atoms with van der Waals surface area (Å²) in [6, 6.07) is 12.2. The van der Waals surface area contributed by atoms with Crippen LogP contribution in [0, 0.1) is 6.92 Å². The fourth-order valence-corrected chi connectivity index (χ4v) is 2.86. The Labute approximate surface area is 156 Å². The van der Waals surface area contributed by atoms with Crippen LogP contribution in [-0.4, -0.2) is 13.1 Å². The molecule has 2 aromatic carbocycles. The van der Waals surface area contributed by atoms with Crippen molar-refractivity contribution in [3.63, 3.8) is 0 Å². The van der Waals surface area contributed by atoms with E-state index in [2.05, 4.69) is 0 Å². The van der Waals surface area contributed by atoms with E-state index in [0.717, 1.165) is 22.1 Å². The Kier molecular flexibility index (Phi) is 5.41. The van der Waals surface area contributed by atoms with Gasteiger partial charge in [0.25, 0.3) is 0 Å². The van der Waals surface area contributed by atoms with Crippen molar-refractivity contribution >= 4 is 23.0 Å². The first kappa shape index (κ1) is 18.5. The molecule has 5 nitrogen and oxygen atoms in total. The van der Waals surface area contributed by atoms with Crippen molar-refractivity contribution in [2.75, 3.05) is 7.11 Å². The largest absolute Gasteiger partial charge is 0.496 e. The van der Waals surface area contributed by atoms with Gasteiger partial charge >= 0.3 is 11.6 Å². The van der Waals surface area contributed by atoms with Gasteiger partial charge in [0, 0.05) is 29.2 Å². The Balaban J connectivity index is 1.82. The lowest BCUT2D eigenvalue weighted by Gasteiger charge is -2.06. The third-order valence-corrected chi connectivity index (χ3v) is 4.19. The van der Waals surface area contributed by atoms with E-state index >= 15 is 0 Å². The monoisotopic (exact) mass is 364 g/mol. The second-order valence-electron chi connectivity index (χ2n) is 6.10. The average molecular weight is 364 g/mol. The van der Waals surface area contributed by atoms with Crippen molar-refractivity contribution in [3.8, 4) is 11.5 Å². The molecule has 0 aliphatic heterocycles. The van der Waals surface area contributed by atoms with Crippen LogP contribution in [0.2, 0.25) is 0 Å². The van der Waals surface area contributed by atoms with Gasteiger partial charge in [-0.1, -0.05) is 18.6 Å². The smallest absolute Gasteiger partial charge is 0.336 e. The molecule has 3 aromatic rings. The summed E-state index contributed by atoms with van der Waals surface area (Å²) in [5.41, 5.74) is 2.71. The zero-order valence-corrected chi connectivity index (χ0v) is 15.4. The molecule has 1 aromatic heterocycles. The van der Waals surface area contributed by atoms with Crippen LogP contribution in [-0.2, 0) is 11.2 Å². The van der Waals surface area contributed by atoms with Gasteiger partial charge in [-0.15, -0.1) is 0 Å². The van der Waals surface area contributed by atoms with Gasteiger partial charge in [-0.25, -0.2) is 9.59 Å². The van der Waals surface area contributed by atoms with E-state index in [0.29, 0.717) is 23.5 Å². The number of carbonyl (C=O) groups excluding carboxylic acids is 1. The molecule has 5 heteroatoms. The molecule has 0 saturated heterocycles. The van der Waals surface area contributed by atoms with Crippen LogP contribution in [0.1, 0.15) is 23.6 Å². The number of ether oxygens (including phenoxy) is 2. The fourth-order valence-electron chi connectivity index (χ4n) is 2.86. The fraction of sp³-hybridized carbons (Fsp3) is 0.182. The van der Waals surface area contributed by atoms with Gasteiger partial charge in [0.05, 0.1) is 7.11 Å². The quantitative estimate of drug-likeness (QED) is 0.292. The number of methoxy groups -OCH3 is 1. The number of carbonyl (C=O) groups is 1. The van der Waals surface area contributed by atoms with E-state index in [1.54, 1.807) is 31.4 Å². The molecule has 0 aliphatic carbocycles. The van der Waals surface area contributed by atoms with Crippen LogP contribution < -0.4 is 15.1 Å². The third-order valence-electron chi connectivity index (χ3n) is 4.19. The first-order valence-corrected chi connectivity index (χ1v) is 8.61. The highest BCUT2D eigenvalue weighted by Gasteiger charge is 2.08. The topological polar surface area (TPSA) is 65.7 Å². The lowest BCUT2D eigenvalue weighted by atomic mass is 10.1. The number of hydrogen-bond donors (Lipinski definition) is 0. The van der Waals surface area contributed by atoms with Crippen molar-refractivity contribution < 1.29 is 18.7 Å². The molecule has 0 radical (unpaired) electrons. The third kappa shape index (κ3) is 4.26. The highest BCUT2D eigenvalue weighted by Crippen LogP contribution is 2.24. The van der Waals surface area contributed by atoms with Crippen molar-refractivity contribution in [2.45, 2.75) is 20.3 Å². The lowest BCUT2D eigenvalue weighted by molar-refractivity contribution is -0.128. The van der Waals surface area contributed by atoms with Crippen LogP contribution in [0.15, 0.2) is 57.8 Å². The first-order chi connectivity index (χ1) is 13.0. The summed E-state index contributed by atoms with van der Waals surface area (Å²) in [5, 5.41) is 0.830. The molecule has 0 unspecified atom stereocenters. The molecule has 1 heterocycles. The predicted octanol–water partition coefficient (Wildman–Crippen LogP) is 4.29. The second-order valence-corrected chi connectivity index (χ2v) is 6.10. The van der Waals surface area contributed by atoms with Gasteiger partial charge in [0.15, 0.2) is 0 Å². The molecule has 0 fully saturated rings. The summed E-state index contributed by atoms with van der Waals surface area (Å²) in [6.45, 7) is 3.93. The maximum Gasteiger partial charge on any atom is 0.336 e. The van der Waals surface area contributed by atoms with Crippen LogP contribution in [0.5, 0.6) is 11.5 Å². The number of aryl methyl sites for hydroxylation is 2. The minimum absolute atomic E-state index is 0.310. The van der Waals surface area contributed by atoms with Gasteiger partial charge in [-0.05, 0) is 49.2 Å². The van der Waals surface area contributed by atoms with Gasteiger partial charge < -0.3 is 13.9 Å². The van der Waals surface area contributed by atoms with E-state index in [-0.39, 0.29) is 0 Å². The molecule has 0 N–H and O–H groups in total. The molecule has 27 heavy (non-hydrogen) atoms. The molecule has 0 amide bonds. The summed E-state index contributed by atoms with van der Waals surface area (Å²) >= 11 is 0. The molecule has 0 saturated carbocycles. The number of rotatable bonds is 5. The molecular weight excluding hydrogens is 344 g/mol. The number of esters is 1. The highest BCUT2D eigenvalue weighted by molar-refractivity contribution is 5.90. The van der Waals surface area contributed by atoms with Crippen molar-refractivity contribution in [2.24, 2.45) is 0 Å². The average Bonchev–Trinajstić information content (AvgIpc) is 2.65. The lowest BCUT2D eigenvalue weighted by Crippen LogP contribution is -2.04. The maximum absolute atomic E-state index is 12.2. The first-order valence-electron chi connectivity index (χ1n) is 8.61. The minimum Gasteiger partial charge on any atom is -0.496 e. The molecule has 138 valence electrons. The van der Waals surface area contributed by atoms with E-state index in [1.807, 2.05) is 32.0 Å². The standard InChI is InChI=1S/C22H20O5/c1-4-15-12-22(24)27-20-13-17(7-8-18(15)20)26-21(23)10-6-16-11-14(2)5-9-19(16)25-3/h5-13H,4H2,1-3H3/b10-6+. The minimum atomic E-state index is -0.535. The maximum atomic E-state index is 12.2. The Morgan fingerprint density at radius 1 is 1.15 bits per heavy atom. The Morgan fingerprint density at radius 2 is 1.96 bits per heavy atom. The normalized spacial score (nSPS) is 11.1. The molecule has 0 aliphatic rings. The van der Waals surface area contributed by atoms with E-state index in [1.165, 1.54) is 12.1 Å². The van der Waals surface area contributed by atoms with Crippen LogP contribution in [0.4, 0.5) is 0 Å². The Hall–Kier alpha value is -3.34. The second kappa shape index (κ2) is 7.91. The van der Waals surface area contributed by atoms with Gasteiger partial charge in [0.1, 0.15) is 17.1 Å². The molecule has 0 bridgehead atoms. The summed E-state index contributed by atoms with van der Waals surface area (Å²) in [6.07, 6.45) is 3.69. The zero-order chi connectivity index (χ0) is 19.4. The molecule has 0 spiro atoms. The van der Waals surface area contributed by atoms with E-state index in [9.17, 15) is 9.59 Å². The van der Waals surface area contributed by atoms with Crippen LogP contribution in [0.25, 0.3) is 17.0 Å². The van der Waals surface area contributed by atoms with E-state index < -0.39 is 11.6 Å². The Morgan fingerprint density at radius 3 is 2.70 bits per heavy atom. The number of fused-ring (bicyclic) bond motifs is 1. The molecule has 3 rings (SSSR count). The SMILES string of the molecule is CCc1cc(=O)oc2cc(OC(=O)/C=C/c3cc(C)ccc3OC)ccc12. The van der Waals surface area contributed by atoms with Gasteiger partial charge in [0.2, 0.25) is 0 Å². The highest BCUT2D eigenvalue weighted by atomic mass is 16.5. The summed E-state index contributed by atoms with van der Waals surface area (Å²) in [7, 11) is 1.58. The summed E-state index contributed by atoms with van der Waals surface area (Å²) < 4.78 is 15.8. The molecular formula is C22H20O5. The van der Waals surface area contributed by atoms with Crippen LogP contribution in [0.3, 0.4) is 0 Å². The predicted molar refractivity (Wildman–Crippen MR) is 104 cm³/mol. The van der Waals surface area contributed by atoms with Crippen molar-refractivity contribution in [1.29, 1.82) is 0 Å². The Bertz CT molecular complexity index is 1080. The van der Waals surface area contributed by atoms with E-state index in [4.69, 9.17) is 13.9 Å². The molecule has 0 atom stereocenters. The summed E-state index contributed by atoms with van der Waals surface area (Å²) in [4.78, 5) is 23.8.